The van der Waals surface area contributed by atoms with E-state index in [4.69, 9.17) is 18.9 Å². The lowest BCUT2D eigenvalue weighted by molar-refractivity contribution is -0.119. The van der Waals surface area contributed by atoms with Gasteiger partial charge in [-0.1, -0.05) is 12.1 Å². The number of hydrogen-bond acceptors (Lipinski definition) is 7. The molecule has 6 rings (SSSR count). The van der Waals surface area contributed by atoms with Crippen LogP contribution in [0.1, 0.15) is 59.3 Å². The van der Waals surface area contributed by atoms with Crippen LogP contribution < -0.4 is 4.74 Å². The maximum absolute atomic E-state index is 14.5. The molecule has 0 unspecified atom stereocenters. The van der Waals surface area contributed by atoms with E-state index in [-0.39, 0.29) is 43.9 Å². The summed E-state index contributed by atoms with van der Waals surface area (Å²) in [5.74, 6) is -2.36. The number of fused-ring (bicyclic) bond motifs is 3. The van der Waals surface area contributed by atoms with Crippen molar-refractivity contribution in [2.45, 2.75) is 89.1 Å². The fraction of sp³-hybridized carbons (Fsp3) is 0.528. The highest BCUT2D eigenvalue weighted by atomic mass is 19.3. The Morgan fingerprint density at radius 1 is 0.915 bits per heavy atom. The molecule has 47 heavy (non-hydrogen) atoms. The summed E-state index contributed by atoms with van der Waals surface area (Å²) in [4.78, 5) is 22.6. The monoisotopic (exact) mass is 650 g/mol. The zero-order valence-electron chi connectivity index (χ0n) is 27.6. The first kappa shape index (κ1) is 33.1. The molecule has 0 bridgehead atoms. The van der Waals surface area contributed by atoms with E-state index in [2.05, 4.69) is 39.8 Å². The molecular formula is C36H44F2N4O5. The molecule has 4 aromatic rings. The van der Waals surface area contributed by atoms with Gasteiger partial charge in [-0.15, -0.1) is 0 Å². The normalized spacial score (nSPS) is 19.2. The van der Waals surface area contributed by atoms with Crippen LogP contribution in [0.3, 0.4) is 0 Å². The molecule has 9 nitrogen and oxygen atoms in total. The molecule has 3 aromatic heterocycles. The van der Waals surface area contributed by atoms with Crippen LogP contribution in [0.15, 0.2) is 55.0 Å². The van der Waals surface area contributed by atoms with Gasteiger partial charge in [0.15, 0.2) is 0 Å². The number of halogens is 2. The average molecular weight is 651 g/mol. The zero-order chi connectivity index (χ0) is 33.2. The van der Waals surface area contributed by atoms with Crippen LogP contribution >= 0.6 is 0 Å². The number of amides is 1. The minimum atomic E-state index is -2.92. The summed E-state index contributed by atoms with van der Waals surface area (Å²) in [6, 6.07) is 12.3. The Balaban J connectivity index is 0.867. The third-order valence-corrected chi connectivity index (χ3v) is 8.88. The number of ether oxygens (including phenoxy) is 4. The number of nitrogens with zero attached hydrogens (tertiary/aromatic N) is 4. The van der Waals surface area contributed by atoms with E-state index in [1.165, 1.54) is 5.39 Å². The van der Waals surface area contributed by atoms with Gasteiger partial charge >= 0.3 is 6.09 Å². The number of piperidine rings is 1. The first-order valence-electron chi connectivity index (χ1n) is 16.5. The topological polar surface area (TPSA) is 87.9 Å². The van der Waals surface area contributed by atoms with Crippen LogP contribution in [-0.4, -0.2) is 81.7 Å². The number of carbonyl (C=O) groups is 1. The summed E-state index contributed by atoms with van der Waals surface area (Å²) in [5, 5.41) is 2.30. The van der Waals surface area contributed by atoms with Gasteiger partial charge in [-0.25, -0.2) is 18.6 Å². The SMILES string of the molecule is Cn1c2ccncc2c2ccc(-c3ccc(OC4CC(OCCCC(F)(F)COC5CCN(C(=O)OC(C)(C)C)CC5)C4)nc3)cc21. The Hall–Kier alpha value is -3.83. The molecule has 11 heteroatoms. The number of pyridine rings is 2. The van der Waals surface area contributed by atoms with E-state index < -0.39 is 18.1 Å². The van der Waals surface area contributed by atoms with Crippen molar-refractivity contribution >= 4 is 27.9 Å². The minimum Gasteiger partial charge on any atom is -0.474 e. The maximum atomic E-state index is 14.5. The van der Waals surface area contributed by atoms with Gasteiger partial charge in [-0.3, -0.25) is 4.98 Å². The highest BCUT2D eigenvalue weighted by Crippen LogP contribution is 2.33. The molecule has 252 valence electrons. The number of aryl methyl sites for hydroxylation is 1. The summed E-state index contributed by atoms with van der Waals surface area (Å²) in [6.07, 6.45) is 7.28. The van der Waals surface area contributed by atoms with Gasteiger partial charge in [-0.2, -0.15) is 0 Å². The number of likely N-dealkylation sites (tertiary alicyclic amines) is 1. The third kappa shape index (κ3) is 8.19. The molecule has 0 N–H and O–H groups in total. The van der Waals surface area contributed by atoms with E-state index in [0.717, 1.165) is 27.5 Å². The van der Waals surface area contributed by atoms with Crippen LogP contribution in [0, 0.1) is 0 Å². The van der Waals surface area contributed by atoms with Gasteiger partial charge in [0.1, 0.15) is 18.3 Å². The van der Waals surface area contributed by atoms with Crippen molar-refractivity contribution in [2.75, 3.05) is 26.3 Å². The van der Waals surface area contributed by atoms with Crippen LogP contribution in [-0.2, 0) is 21.3 Å². The minimum absolute atomic E-state index is 0.00188. The number of aromatic nitrogens is 3. The number of benzene rings is 1. The molecule has 0 radical (unpaired) electrons. The fourth-order valence-corrected chi connectivity index (χ4v) is 6.20. The zero-order valence-corrected chi connectivity index (χ0v) is 27.6. The number of carbonyl (C=O) groups excluding carboxylic acids is 1. The van der Waals surface area contributed by atoms with Crippen molar-refractivity contribution in [3.8, 4) is 17.0 Å². The Morgan fingerprint density at radius 3 is 2.40 bits per heavy atom. The standard InChI is InChI=1S/C36H44F2N4O5/c1-35(2,3)47-34(43)42-15-11-26(12-16-42)45-23-36(37,38)13-5-17-44-27-19-28(20-27)46-33-9-7-25(21-40-33)24-6-8-29-30-22-39-14-10-31(30)41(4)32(29)18-24/h6-10,14,18,21-22,26-28H,5,11-13,15-17,19-20,23H2,1-4H3. The molecule has 0 spiro atoms. The molecule has 1 saturated heterocycles. The van der Waals surface area contributed by atoms with Crippen LogP contribution in [0.25, 0.3) is 32.9 Å². The Labute approximate surface area is 274 Å². The number of rotatable bonds is 11. The van der Waals surface area contributed by atoms with Crippen molar-refractivity contribution in [1.29, 1.82) is 0 Å². The summed E-state index contributed by atoms with van der Waals surface area (Å²) < 4.78 is 53.9. The van der Waals surface area contributed by atoms with Crippen molar-refractivity contribution < 1.29 is 32.5 Å². The second-order valence-electron chi connectivity index (χ2n) is 13.7. The van der Waals surface area contributed by atoms with E-state index in [1.807, 2.05) is 57.6 Å². The van der Waals surface area contributed by atoms with E-state index in [9.17, 15) is 13.6 Å². The molecule has 0 atom stereocenters. The van der Waals surface area contributed by atoms with E-state index in [1.54, 1.807) is 4.90 Å². The van der Waals surface area contributed by atoms with Crippen molar-refractivity contribution in [3.63, 3.8) is 0 Å². The second-order valence-corrected chi connectivity index (χ2v) is 13.7. The van der Waals surface area contributed by atoms with Gasteiger partial charge in [-0.05, 0) is 63.8 Å². The van der Waals surface area contributed by atoms with Crippen molar-refractivity contribution in [3.05, 3.63) is 55.0 Å². The summed E-state index contributed by atoms with van der Waals surface area (Å²) >= 11 is 0. The van der Waals surface area contributed by atoms with Gasteiger partial charge < -0.3 is 28.4 Å². The van der Waals surface area contributed by atoms with Crippen molar-refractivity contribution in [2.24, 2.45) is 7.05 Å². The van der Waals surface area contributed by atoms with Gasteiger partial charge in [0, 0.05) is 92.5 Å². The quantitative estimate of drug-likeness (QED) is 0.155. The molecule has 1 aromatic carbocycles. The fourth-order valence-electron chi connectivity index (χ4n) is 6.20. The molecule has 2 fully saturated rings. The Morgan fingerprint density at radius 2 is 1.68 bits per heavy atom. The highest BCUT2D eigenvalue weighted by Gasteiger charge is 2.34. The third-order valence-electron chi connectivity index (χ3n) is 8.88. The summed E-state index contributed by atoms with van der Waals surface area (Å²) in [7, 11) is 2.06. The Bertz CT molecular complexity index is 1670. The first-order chi connectivity index (χ1) is 22.4. The lowest BCUT2D eigenvalue weighted by atomic mass is 9.92. The molecular weight excluding hydrogens is 606 g/mol. The average Bonchev–Trinajstić information content (AvgIpc) is 3.31. The largest absolute Gasteiger partial charge is 0.474 e. The first-order valence-corrected chi connectivity index (χ1v) is 16.5. The molecule has 1 aliphatic heterocycles. The van der Waals surface area contributed by atoms with Gasteiger partial charge in [0.05, 0.1) is 17.7 Å². The van der Waals surface area contributed by atoms with Crippen LogP contribution in [0.5, 0.6) is 5.88 Å². The van der Waals surface area contributed by atoms with Gasteiger partial charge in [0.2, 0.25) is 5.88 Å². The number of hydrogen-bond donors (Lipinski definition) is 0. The molecule has 1 saturated carbocycles. The smallest absolute Gasteiger partial charge is 0.410 e. The summed E-state index contributed by atoms with van der Waals surface area (Å²) in [5.41, 5.74) is 3.79. The molecule has 1 amide bonds. The Kier molecular flexibility index (Phi) is 9.66. The second kappa shape index (κ2) is 13.7. The lowest BCUT2D eigenvalue weighted by Gasteiger charge is -2.35. The van der Waals surface area contributed by atoms with Gasteiger partial charge in [0.25, 0.3) is 5.92 Å². The van der Waals surface area contributed by atoms with Crippen molar-refractivity contribution in [1.82, 2.24) is 19.4 Å². The van der Waals surface area contributed by atoms with Crippen LogP contribution in [0.4, 0.5) is 13.6 Å². The van der Waals surface area contributed by atoms with Crippen LogP contribution in [0.2, 0.25) is 0 Å². The number of alkyl halides is 2. The maximum Gasteiger partial charge on any atom is 0.410 e. The predicted molar refractivity (Wildman–Crippen MR) is 176 cm³/mol. The molecule has 4 heterocycles. The highest BCUT2D eigenvalue weighted by molar-refractivity contribution is 6.08. The lowest BCUT2D eigenvalue weighted by Crippen LogP contribution is -2.44. The molecule has 1 aliphatic carbocycles. The predicted octanol–water partition coefficient (Wildman–Crippen LogP) is 7.55. The van der Waals surface area contributed by atoms with E-state index in [0.29, 0.717) is 44.7 Å². The van der Waals surface area contributed by atoms with E-state index >= 15 is 0 Å². The molecule has 2 aliphatic rings. The summed E-state index contributed by atoms with van der Waals surface area (Å²) in [6.45, 7) is 5.98.